The Hall–Kier alpha value is -3.67. The van der Waals surface area contributed by atoms with Crippen LogP contribution in [0.1, 0.15) is 28.8 Å². The van der Waals surface area contributed by atoms with Crippen LogP contribution in [0.2, 0.25) is 0 Å². The lowest BCUT2D eigenvalue weighted by Crippen LogP contribution is -2.49. The van der Waals surface area contributed by atoms with Crippen LogP contribution in [0.5, 0.6) is 5.75 Å². The maximum absolute atomic E-state index is 13.4. The molecular formula is C25H22N4O2. The van der Waals surface area contributed by atoms with Crippen LogP contribution in [0, 0.1) is 0 Å². The number of carbonyl (C=O) groups excluding carboxylic acids is 1. The number of aryl methyl sites for hydroxylation is 1. The highest BCUT2D eigenvalue weighted by Gasteiger charge is 2.45. The quantitative estimate of drug-likeness (QED) is 0.473. The molecule has 0 saturated carbocycles. The van der Waals surface area contributed by atoms with Crippen molar-refractivity contribution in [3.05, 3.63) is 78.2 Å². The number of likely N-dealkylation sites (tertiary alicyclic amines) is 1. The number of benzene rings is 2. The highest BCUT2D eigenvalue weighted by molar-refractivity contribution is 6.06. The molecule has 154 valence electrons. The van der Waals surface area contributed by atoms with E-state index in [0.717, 1.165) is 46.2 Å². The van der Waals surface area contributed by atoms with E-state index in [1.54, 1.807) is 12.4 Å². The van der Waals surface area contributed by atoms with Gasteiger partial charge in [-0.2, -0.15) is 5.10 Å². The summed E-state index contributed by atoms with van der Waals surface area (Å²) in [4.78, 5) is 19.5. The highest BCUT2D eigenvalue weighted by Crippen LogP contribution is 2.49. The average Bonchev–Trinajstić information content (AvgIpc) is 3.22. The highest BCUT2D eigenvalue weighted by atomic mass is 16.5. The van der Waals surface area contributed by atoms with Crippen molar-refractivity contribution in [2.45, 2.75) is 18.4 Å². The van der Waals surface area contributed by atoms with Gasteiger partial charge >= 0.3 is 0 Å². The van der Waals surface area contributed by atoms with Crippen molar-refractivity contribution in [3.63, 3.8) is 0 Å². The molecule has 0 unspecified atom stereocenters. The fourth-order valence-electron chi connectivity index (χ4n) is 5.02. The molecule has 2 aliphatic rings. The molecule has 1 spiro atoms. The summed E-state index contributed by atoms with van der Waals surface area (Å²) in [5, 5.41) is 6.46. The Labute approximate surface area is 180 Å². The number of hydrogen-bond donors (Lipinski definition) is 0. The summed E-state index contributed by atoms with van der Waals surface area (Å²) in [5.41, 5.74) is 3.56. The molecule has 0 aliphatic carbocycles. The van der Waals surface area contributed by atoms with Crippen molar-refractivity contribution < 1.29 is 9.53 Å². The van der Waals surface area contributed by atoms with Crippen LogP contribution >= 0.6 is 0 Å². The van der Waals surface area contributed by atoms with E-state index >= 15 is 0 Å². The number of carbonyl (C=O) groups is 1. The zero-order valence-corrected chi connectivity index (χ0v) is 17.3. The van der Waals surface area contributed by atoms with Gasteiger partial charge in [-0.1, -0.05) is 24.3 Å². The molecule has 6 nitrogen and oxygen atoms in total. The zero-order chi connectivity index (χ0) is 21.0. The Balaban J connectivity index is 1.31. The summed E-state index contributed by atoms with van der Waals surface area (Å²) in [7, 11) is 1.97. The molecule has 6 heteroatoms. The molecule has 31 heavy (non-hydrogen) atoms. The van der Waals surface area contributed by atoms with Crippen molar-refractivity contribution in [1.82, 2.24) is 19.7 Å². The molecule has 4 heterocycles. The van der Waals surface area contributed by atoms with Gasteiger partial charge in [-0.25, -0.2) is 0 Å². The minimum absolute atomic E-state index is 0.0519. The van der Waals surface area contributed by atoms with Gasteiger partial charge in [0.25, 0.3) is 5.91 Å². The number of amides is 1. The molecule has 0 bridgehead atoms. The third-order valence-corrected chi connectivity index (χ3v) is 6.65. The number of para-hydroxylation sites is 1. The number of pyridine rings is 1. The number of rotatable bonds is 1. The van der Waals surface area contributed by atoms with Gasteiger partial charge in [-0.05, 0) is 29.7 Å². The molecular weight excluding hydrogens is 388 g/mol. The number of fused-ring (bicyclic) bond motifs is 5. The first-order chi connectivity index (χ1) is 15.2. The first-order valence-corrected chi connectivity index (χ1v) is 10.6. The van der Waals surface area contributed by atoms with Crippen LogP contribution in [-0.4, -0.2) is 38.7 Å². The van der Waals surface area contributed by atoms with E-state index < -0.39 is 5.60 Å². The summed E-state index contributed by atoms with van der Waals surface area (Å²) < 4.78 is 8.53. The van der Waals surface area contributed by atoms with Crippen LogP contribution in [-0.2, 0) is 12.6 Å². The molecule has 1 saturated heterocycles. The first kappa shape index (κ1) is 18.1. The molecule has 0 atom stereocenters. The fourth-order valence-corrected chi connectivity index (χ4v) is 5.02. The Bertz CT molecular complexity index is 1310. The maximum atomic E-state index is 13.4. The number of hydrogen-bond acceptors (Lipinski definition) is 4. The molecule has 2 aliphatic heterocycles. The minimum Gasteiger partial charge on any atom is -0.482 e. The van der Waals surface area contributed by atoms with Gasteiger partial charge < -0.3 is 9.64 Å². The van der Waals surface area contributed by atoms with E-state index in [2.05, 4.69) is 16.1 Å². The Morgan fingerprint density at radius 1 is 1.03 bits per heavy atom. The van der Waals surface area contributed by atoms with Crippen molar-refractivity contribution in [3.8, 4) is 17.0 Å². The molecule has 0 radical (unpaired) electrons. The number of ether oxygens (including phenoxy) is 1. The van der Waals surface area contributed by atoms with Crippen LogP contribution in [0.15, 0.2) is 67.1 Å². The summed E-state index contributed by atoms with van der Waals surface area (Å²) in [6.07, 6.45) is 6.92. The van der Waals surface area contributed by atoms with Crippen molar-refractivity contribution in [1.29, 1.82) is 0 Å². The smallest absolute Gasteiger partial charge is 0.254 e. The molecule has 1 amide bonds. The van der Waals surface area contributed by atoms with E-state index in [1.807, 2.05) is 65.3 Å². The SMILES string of the molecule is Cn1ncc2c1-c1ccccc1OC21CCN(C(=O)c2cccc3ccncc23)CC1. The van der Waals surface area contributed by atoms with E-state index in [0.29, 0.717) is 18.7 Å². The van der Waals surface area contributed by atoms with Gasteiger partial charge in [-0.15, -0.1) is 0 Å². The minimum atomic E-state index is -0.449. The molecule has 4 aromatic rings. The van der Waals surface area contributed by atoms with E-state index in [1.165, 1.54) is 0 Å². The van der Waals surface area contributed by atoms with Gasteiger partial charge in [-0.3, -0.25) is 14.5 Å². The van der Waals surface area contributed by atoms with E-state index in [-0.39, 0.29) is 5.91 Å². The maximum Gasteiger partial charge on any atom is 0.254 e. The van der Waals surface area contributed by atoms with Gasteiger partial charge in [0, 0.05) is 67.4 Å². The second kappa shape index (κ2) is 6.67. The Morgan fingerprint density at radius 2 is 1.87 bits per heavy atom. The van der Waals surface area contributed by atoms with Gasteiger partial charge in [0.15, 0.2) is 0 Å². The third-order valence-electron chi connectivity index (χ3n) is 6.65. The lowest BCUT2D eigenvalue weighted by molar-refractivity contribution is -0.00166. The topological polar surface area (TPSA) is 60.2 Å². The lowest BCUT2D eigenvalue weighted by atomic mass is 9.81. The predicted molar refractivity (Wildman–Crippen MR) is 118 cm³/mol. The van der Waals surface area contributed by atoms with Gasteiger partial charge in [0.2, 0.25) is 0 Å². The van der Waals surface area contributed by atoms with Crippen LogP contribution in [0.3, 0.4) is 0 Å². The van der Waals surface area contributed by atoms with Crippen molar-refractivity contribution in [2.24, 2.45) is 7.05 Å². The van der Waals surface area contributed by atoms with Gasteiger partial charge in [0.1, 0.15) is 11.4 Å². The third kappa shape index (κ3) is 2.68. The molecule has 2 aromatic carbocycles. The van der Waals surface area contributed by atoms with Crippen LogP contribution in [0.25, 0.3) is 22.0 Å². The molecule has 0 N–H and O–H groups in total. The Kier molecular flexibility index (Phi) is 3.90. The van der Waals surface area contributed by atoms with E-state index in [9.17, 15) is 4.79 Å². The average molecular weight is 410 g/mol. The van der Waals surface area contributed by atoms with E-state index in [4.69, 9.17) is 4.74 Å². The standard InChI is InChI=1S/C25H22N4O2/c1-28-23-19-6-2-3-8-22(19)31-25(21(23)16-27-28)10-13-29(14-11-25)24(30)18-7-4-5-17-9-12-26-15-20(17)18/h2-9,12,15-16H,10-11,13-14H2,1H3. The molecule has 1 fully saturated rings. The first-order valence-electron chi connectivity index (χ1n) is 10.6. The number of aromatic nitrogens is 3. The fraction of sp³-hybridized carbons (Fsp3) is 0.240. The van der Waals surface area contributed by atoms with Gasteiger partial charge in [0.05, 0.1) is 11.9 Å². The predicted octanol–water partition coefficient (Wildman–Crippen LogP) is 4.16. The monoisotopic (exact) mass is 410 g/mol. The largest absolute Gasteiger partial charge is 0.482 e. The second-order valence-corrected chi connectivity index (χ2v) is 8.32. The summed E-state index contributed by atoms with van der Waals surface area (Å²) in [6.45, 7) is 1.26. The van der Waals surface area contributed by atoms with Crippen molar-refractivity contribution >= 4 is 16.7 Å². The normalized spacial score (nSPS) is 16.6. The lowest BCUT2D eigenvalue weighted by Gasteiger charge is -2.44. The van der Waals surface area contributed by atoms with Crippen LogP contribution < -0.4 is 4.74 Å². The molecule has 2 aromatic heterocycles. The molecule has 6 rings (SSSR count). The second-order valence-electron chi connectivity index (χ2n) is 8.32. The van der Waals surface area contributed by atoms with Crippen molar-refractivity contribution in [2.75, 3.05) is 13.1 Å². The summed E-state index contributed by atoms with van der Waals surface area (Å²) >= 11 is 0. The summed E-state index contributed by atoms with van der Waals surface area (Å²) in [6, 6.07) is 15.9. The number of nitrogens with zero attached hydrogens (tertiary/aromatic N) is 4. The zero-order valence-electron chi connectivity index (χ0n) is 17.3. The number of piperidine rings is 1. The summed E-state index contributed by atoms with van der Waals surface area (Å²) in [5.74, 6) is 0.939. The Morgan fingerprint density at radius 3 is 2.74 bits per heavy atom. The van der Waals surface area contributed by atoms with Crippen LogP contribution in [0.4, 0.5) is 0 Å².